The van der Waals surface area contributed by atoms with E-state index in [1.54, 1.807) is 0 Å². The highest BCUT2D eigenvalue weighted by Crippen LogP contribution is 2.58. The van der Waals surface area contributed by atoms with E-state index in [1.165, 1.54) is 6.42 Å². The van der Waals surface area contributed by atoms with E-state index in [0.29, 0.717) is 24.4 Å². The van der Waals surface area contributed by atoms with Gasteiger partial charge in [-0.25, -0.2) is 0 Å². The highest BCUT2D eigenvalue weighted by molar-refractivity contribution is 5.93. The van der Waals surface area contributed by atoms with Crippen LogP contribution >= 0.6 is 0 Å². The maximum absolute atomic E-state index is 12.4. The van der Waals surface area contributed by atoms with E-state index in [-0.39, 0.29) is 5.91 Å². The molecule has 0 unspecified atom stereocenters. The number of benzene rings is 1. The zero-order valence-electron chi connectivity index (χ0n) is 14.8. The van der Waals surface area contributed by atoms with Crippen LogP contribution in [0.4, 0.5) is 0 Å². The number of H-pyrrole nitrogens is 1. The standard InChI is InChI=1S/C20H26N2O3/c1-2-25-17-5-3-4-16-19(17)14(12-21-16)10-18(23)22-13-15-11-20(15)6-8-24-9-7-20/h3-5,12,15,21H,2,6-11,13H2,1H3,(H,22,23)/t15-/m0/s1. The first kappa shape index (κ1) is 16.5. The van der Waals surface area contributed by atoms with Gasteiger partial charge in [-0.2, -0.15) is 0 Å². The summed E-state index contributed by atoms with van der Waals surface area (Å²) in [7, 11) is 0. The molecule has 2 fully saturated rings. The Morgan fingerprint density at radius 2 is 2.24 bits per heavy atom. The van der Waals surface area contributed by atoms with Gasteiger partial charge in [0.1, 0.15) is 5.75 Å². The number of aromatic nitrogens is 1. The molecule has 4 rings (SSSR count). The van der Waals surface area contributed by atoms with Crippen LogP contribution in [0, 0.1) is 11.3 Å². The van der Waals surface area contributed by atoms with Gasteiger partial charge in [-0.15, -0.1) is 0 Å². The Kier molecular flexibility index (Phi) is 4.42. The van der Waals surface area contributed by atoms with Crippen molar-refractivity contribution in [1.29, 1.82) is 0 Å². The number of nitrogens with one attached hydrogen (secondary N) is 2. The van der Waals surface area contributed by atoms with Crippen molar-refractivity contribution in [2.45, 2.75) is 32.6 Å². The predicted octanol–water partition coefficient (Wildman–Crippen LogP) is 3.04. The van der Waals surface area contributed by atoms with Gasteiger partial charge >= 0.3 is 0 Å². The normalized spacial score (nSPS) is 21.4. The number of rotatable bonds is 6. The average Bonchev–Trinajstić information content (AvgIpc) is 3.11. The molecule has 1 aromatic carbocycles. The van der Waals surface area contributed by atoms with Crippen molar-refractivity contribution in [1.82, 2.24) is 10.3 Å². The van der Waals surface area contributed by atoms with E-state index in [4.69, 9.17) is 9.47 Å². The van der Waals surface area contributed by atoms with Crippen LogP contribution in [0.2, 0.25) is 0 Å². The molecule has 1 atom stereocenters. The Labute approximate surface area is 148 Å². The van der Waals surface area contributed by atoms with E-state index in [1.807, 2.05) is 31.3 Å². The first-order chi connectivity index (χ1) is 12.2. The fraction of sp³-hybridized carbons (Fsp3) is 0.550. The number of aromatic amines is 1. The van der Waals surface area contributed by atoms with E-state index in [9.17, 15) is 4.79 Å². The van der Waals surface area contributed by atoms with Gasteiger partial charge in [0.2, 0.25) is 5.91 Å². The molecule has 0 bridgehead atoms. The third-order valence-corrected chi connectivity index (χ3v) is 5.79. The maximum Gasteiger partial charge on any atom is 0.224 e. The molecular weight excluding hydrogens is 316 g/mol. The Morgan fingerprint density at radius 1 is 1.40 bits per heavy atom. The lowest BCUT2D eigenvalue weighted by molar-refractivity contribution is -0.120. The molecule has 25 heavy (non-hydrogen) atoms. The number of hydrogen-bond acceptors (Lipinski definition) is 3. The number of fused-ring (bicyclic) bond motifs is 1. The van der Waals surface area contributed by atoms with Gasteiger partial charge in [-0.05, 0) is 55.2 Å². The SMILES string of the molecule is CCOc1cccc2[nH]cc(CC(=O)NC[C@@H]3CC34CCOCC4)c12. The molecule has 1 saturated carbocycles. The Morgan fingerprint density at radius 3 is 3.04 bits per heavy atom. The smallest absolute Gasteiger partial charge is 0.224 e. The second-order valence-corrected chi connectivity index (χ2v) is 7.28. The first-order valence-corrected chi connectivity index (χ1v) is 9.28. The molecule has 1 aromatic heterocycles. The van der Waals surface area contributed by atoms with Crippen molar-refractivity contribution in [2.75, 3.05) is 26.4 Å². The van der Waals surface area contributed by atoms with Crippen LogP contribution in [-0.4, -0.2) is 37.3 Å². The molecule has 1 aliphatic carbocycles. The number of carbonyl (C=O) groups is 1. The van der Waals surface area contributed by atoms with E-state index in [2.05, 4.69) is 10.3 Å². The number of carbonyl (C=O) groups excluding carboxylic acids is 1. The first-order valence-electron chi connectivity index (χ1n) is 9.28. The molecule has 1 saturated heterocycles. The summed E-state index contributed by atoms with van der Waals surface area (Å²) in [6, 6.07) is 5.94. The summed E-state index contributed by atoms with van der Waals surface area (Å²) < 4.78 is 11.2. The van der Waals surface area contributed by atoms with E-state index >= 15 is 0 Å². The lowest BCUT2D eigenvalue weighted by atomic mass is 9.94. The van der Waals surface area contributed by atoms with E-state index < -0.39 is 0 Å². The summed E-state index contributed by atoms with van der Waals surface area (Å²) in [5, 5.41) is 4.16. The zero-order chi connectivity index (χ0) is 17.3. The van der Waals surface area contributed by atoms with Crippen molar-refractivity contribution in [3.63, 3.8) is 0 Å². The van der Waals surface area contributed by atoms with Crippen LogP contribution in [0.5, 0.6) is 5.75 Å². The van der Waals surface area contributed by atoms with Gasteiger partial charge < -0.3 is 19.8 Å². The van der Waals surface area contributed by atoms with Gasteiger partial charge in [0, 0.05) is 36.9 Å². The minimum Gasteiger partial charge on any atom is -0.493 e. The molecule has 1 aliphatic heterocycles. The van der Waals surface area contributed by atoms with Gasteiger partial charge in [0.15, 0.2) is 0 Å². The minimum absolute atomic E-state index is 0.0845. The van der Waals surface area contributed by atoms with Crippen LogP contribution in [0.3, 0.4) is 0 Å². The number of amides is 1. The predicted molar refractivity (Wildman–Crippen MR) is 96.8 cm³/mol. The molecule has 5 heteroatoms. The minimum atomic E-state index is 0.0845. The fourth-order valence-electron chi connectivity index (χ4n) is 4.22. The fourth-order valence-corrected chi connectivity index (χ4v) is 4.22. The van der Waals surface area contributed by atoms with Crippen LogP contribution in [-0.2, 0) is 16.0 Å². The van der Waals surface area contributed by atoms with Gasteiger partial charge in [0.05, 0.1) is 13.0 Å². The highest BCUT2D eigenvalue weighted by Gasteiger charge is 2.53. The summed E-state index contributed by atoms with van der Waals surface area (Å²) in [4.78, 5) is 15.7. The van der Waals surface area contributed by atoms with Crippen LogP contribution in [0.15, 0.2) is 24.4 Å². The lowest BCUT2D eigenvalue weighted by Crippen LogP contribution is -2.29. The topological polar surface area (TPSA) is 63.4 Å². The molecule has 2 aliphatic rings. The van der Waals surface area contributed by atoms with Crippen molar-refractivity contribution in [3.8, 4) is 5.75 Å². The Bertz CT molecular complexity index is 761. The highest BCUT2D eigenvalue weighted by atomic mass is 16.5. The lowest BCUT2D eigenvalue weighted by Gasteiger charge is -2.22. The molecule has 2 aromatic rings. The Balaban J connectivity index is 1.37. The third kappa shape index (κ3) is 3.25. The molecule has 1 spiro atoms. The van der Waals surface area contributed by atoms with Crippen molar-refractivity contribution in [3.05, 3.63) is 30.0 Å². The van der Waals surface area contributed by atoms with Crippen LogP contribution < -0.4 is 10.1 Å². The quantitative estimate of drug-likeness (QED) is 0.848. The van der Waals surface area contributed by atoms with Crippen LogP contribution in [0.25, 0.3) is 10.9 Å². The molecule has 134 valence electrons. The van der Waals surface area contributed by atoms with Gasteiger partial charge in [-0.1, -0.05) is 6.07 Å². The summed E-state index contributed by atoms with van der Waals surface area (Å²) in [6.45, 7) is 5.13. The monoisotopic (exact) mass is 342 g/mol. The summed E-state index contributed by atoms with van der Waals surface area (Å²) in [5.41, 5.74) is 2.46. The summed E-state index contributed by atoms with van der Waals surface area (Å²) in [6.07, 6.45) is 5.83. The largest absolute Gasteiger partial charge is 0.493 e. The molecule has 0 radical (unpaired) electrons. The van der Waals surface area contributed by atoms with Gasteiger partial charge in [-0.3, -0.25) is 4.79 Å². The number of ether oxygens (including phenoxy) is 2. The van der Waals surface area contributed by atoms with Crippen molar-refractivity contribution < 1.29 is 14.3 Å². The maximum atomic E-state index is 12.4. The zero-order valence-corrected chi connectivity index (χ0v) is 14.8. The molecule has 2 heterocycles. The Hall–Kier alpha value is -2.01. The molecule has 5 nitrogen and oxygen atoms in total. The van der Waals surface area contributed by atoms with E-state index in [0.717, 1.165) is 54.8 Å². The molecular formula is C20H26N2O3. The second kappa shape index (κ2) is 6.71. The van der Waals surface area contributed by atoms with Gasteiger partial charge in [0.25, 0.3) is 0 Å². The summed E-state index contributed by atoms with van der Waals surface area (Å²) >= 11 is 0. The molecule has 2 N–H and O–H groups in total. The summed E-state index contributed by atoms with van der Waals surface area (Å²) in [5.74, 6) is 1.55. The van der Waals surface area contributed by atoms with Crippen molar-refractivity contribution >= 4 is 16.8 Å². The molecule has 1 amide bonds. The average molecular weight is 342 g/mol. The second-order valence-electron chi connectivity index (χ2n) is 7.28. The van der Waals surface area contributed by atoms with Crippen molar-refractivity contribution in [2.24, 2.45) is 11.3 Å². The van der Waals surface area contributed by atoms with Crippen LogP contribution in [0.1, 0.15) is 31.7 Å². The number of hydrogen-bond donors (Lipinski definition) is 2. The third-order valence-electron chi connectivity index (χ3n) is 5.79.